The van der Waals surface area contributed by atoms with E-state index < -0.39 is 10.0 Å². The van der Waals surface area contributed by atoms with Gasteiger partial charge in [-0.05, 0) is 18.4 Å². The first kappa shape index (κ1) is 23.4. The first-order chi connectivity index (χ1) is 13.6. The number of piperazine rings is 1. The predicted octanol–water partition coefficient (Wildman–Crippen LogP) is 4.71. The summed E-state index contributed by atoms with van der Waals surface area (Å²) in [6, 6.07) is 10.5. The second-order valence-electron chi connectivity index (χ2n) is 8.12. The van der Waals surface area contributed by atoms with Crippen molar-refractivity contribution in [1.82, 2.24) is 9.21 Å². The molecule has 0 aromatic heterocycles. The Balaban J connectivity index is 1.55. The summed E-state index contributed by atoms with van der Waals surface area (Å²) in [5.41, 5.74) is 1.35. The Bertz CT molecular complexity index is 611. The summed E-state index contributed by atoms with van der Waals surface area (Å²) < 4.78 is 26.9. The number of rotatable bonds is 14. The van der Waals surface area contributed by atoms with Crippen molar-refractivity contribution in [2.75, 3.05) is 38.5 Å². The van der Waals surface area contributed by atoms with Crippen LogP contribution < -0.4 is 0 Å². The van der Waals surface area contributed by atoms with E-state index in [9.17, 15) is 8.42 Å². The molecule has 1 heterocycles. The number of sulfonamides is 1. The average Bonchev–Trinajstić information content (AvgIpc) is 2.72. The maximum Gasteiger partial charge on any atom is 0.214 e. The molecule has 1 fully saturated rings. The van der Waals surface area contributed by atoms with Crippen molar-refractivity contribution in [2.24, 2.45) is 0 Å². The van der Waals surface area contributed by atoms with Gasteiger partial charge >= 0.3 is 0 Å². The van der Waals surface area contributed by atoms with Crippen LogP contribution >= 0.6 is 0 Å². The molecule has 0 saturated carbocycles. The highest BCUT2D eigenvalue weighted by molar-refractivity contribution is 7.89. The first-order valence-electron chi connectivity index (χ1n) is 11.4. The van der Waals surface area contributed by atoms with Gasteiger partial charge in [-0.3, -0.25) is 0 Å². The molecule has 160 valence electrons. The highest BCUT2D eigenvalue weighted by Crippen LogP contribution is 2.13. The van der Waals surface area contributed by atoms with Crippen LogP contribution in [0.5, 0.6) is 0 Å². The second-order valence-corrected chi connectivity index (χ2v) is 10.2. The van der Waals surface area contributed by atoms with Crippen molar-refractivity contribution in [3.8, 4) is 0 Å². The highest BCUT2D eigenvalue weighted by atomic mass is 32.2. The largest absolute Gasteiger partial charge is 0.300 e. The predicted molar refractivity (Wildman–Crippen MR) is 119 cm³/mol. The average molecular weight is 409 g/mol. The fourth-order valence-corrected chi connectivity index (χ4v) is 5.43. The minimum atomic E-state index is -3.07. The Kier molecular flexibility index (Phi) is 11.1. The minimum absolute atomic E-state index is 0.326. The zero-order valence-electron chi connectivity index (χ0n) is 17.8. The molecule has 0 unspecified atom stereocenters. The van der Waals surface area contributed by atoms with Crippen LogP contribution in [0, 0.1) is 0 Å². The summed E-state index contributed by atoms with van der Waals surface area (Å²) in [5, 5.41) is 0. The quantitative estimate of drug-likeness (QED) is 0.419. The Morgan fingerprint density at radius 2 is 1.36 bits per heavy atom. The van der Waals surface area contributed by atoms with Gasteiger partial charge in [0, 0.05) is 32.7 Å². The van der Waals surface area contributed by atoms with Crippen LogP contribution in [0.2, 0.25) is 0 Å². The topological polar surface area (TPSA) is 40.6 Å². The highest BCUT2D eigenvalue weighted by Gasteiger charge is 2.26. The lowest BCUT2D eigenvalue weighted by Crippen LogP contribution is -2.49. The zero-order valence-corrected chi connectivity index (χ0v) is 18.6. The Morgan fingerprint density at radius 3 is 1.96 bits per heavy atom. The fraction of sp³-hybridized carbons (Fsp3) is 0.739. The normalized spacial score (nSPS) is 16.5. The summed E-state index contributed by atoms with van der Waals surface area (Å²) >= 11 is 0. The summed E-state index contributed by atoms with van der Waals surface area (Å²) in [7, 11) is -3.07. The number of hydrogen-bond donors (Lipinski definition) is 0. The molecule has 1 aliphatic heterocycles. The molecule has 1 aliphatic rings. The maximum absolute atomic E-state index is 12.6. The SMILES string of the molecule is CCCCCCCCCCCS(=O)(=O)N1CCN(CCc2ccccc2)CC1. The summed E-state index contributed by atoms with van der Waals surface area (Å²) in [4.78, 5) is 2.39. The van der Waals surface area contributed by atoms with Gasteiger partial charge in [-0.25, -0.2) is 8.42 Å². The molecule has 1 aromatic carbocycles. The third kappa shape index (κ3) is 9.06. The van der Waals surface area contributed by atoms with Gasteiger partial charge in [0.25, 0.3) is 0 Å². The van der Waals surface area contributed by atoms with Gasteiger partial charge in [-0.1, -0.05) is 88.6 Å². The molecule has 28 heavy (non-hydrogen) atoms. The van der Waals surface area contributed by atoms with E-state index in [-0.39, 0.29) is 0 Å². The van der Waals surface area contributed by atoms with Crippen LogP contribution in [0.4, 0.5) is 0 Å². The molecule has 0 radical (unpaired) electrons. The number of nitrogens with zero attached hydrogens (tertiary/aromatic N) is 2. The third-order valence-electron chi connectivity index (χ3n) is 5.79. The maximum atomic E-state index is 12.6. The van der Waals surface area contributed by atoms with Gasteiger partial charge in [0.1, 0.15) is 0 Å². The van der Waals surface area contributed by atoms with Gasteiger partial charge in [0.05, 0.1) is 5.75 Å². The van der Waals surface area contributed by atoms with Crippen LogP contribution in [0.1, 0.15) is 70.3 Å². The van der Waals surface area contributed by atoms with E-state index in [0.29, 0.717) is 18.8 Å². The van der Waals surface area contributed by atoms with Crippen molar-refractivity contribution in [3.05, 3.63) is 35.9 Å². The van der Waals surface area contributed by atoms with Gasteiger partial charge in [0.15, 0.2) is 0 Å². The Labute approximate surface area is 173 Å². The van der Waals surface area contributed by atoms with E-state index in [0.717, 1.165) is 38.9 Å². The zero-order chi connectivity index (χ0) is 20.1. The molecular weight excluding hydrogens is 368 g/mol. The third-order valence-corrected chi connectivity index (χ3v) is 7.75. The van der Waals surface area contributed by atoms with Crippen LogP contribution in [0.3, 0.4) is 0 Å². The minimum Gasteiger partial charge on any atom is -0.300 e. The molecule has 0 atom stereocenters. The molecule has 1 aromatic rings. The molecule has 0 bridgehead atoms. The number of hydrogen-bond acceptors (Lipinski definition) is 3. The summed E-state index contributed by atoms with van der Waals surface area (Å²) in [5.74, 6) is 0.326. The molecule has 4 nitrogen and oxygen atoms in total. The van der Waals surface area contributed by atoms with Crippen molar-refractivity contribution >= 4 is 10.0 Å². The molecule has 0 spiro atoms. The van der Waals surface area contributed by atoms with E-state index in [1.165, 1.54) is 50.5 Å². The molecule has 0 N–H and O–H groups in total. The van der Waals surface area contributed by atoms with Gasteiger partial charge in [-0.15, -0.1) is 0 Å². The van der Waals surface area contributed by atoms with Gasteiger partial charge in [-0.2, -0.15) is 4.31 Å². The van der Waals surface area contributed by atoms with Crippen LogP contribution in [0.15, 0.2) is 30.3 Å². The lowest BCUT2D eigenvalue weighted by atomic mass is 10.1. The van der Waals surface area contributed by atoms with Crippen molar-refractivity contribution in [1.29, 1.82) is 0 Å². The van der Waals surface area contributed by atoms with Gasteiger partial charge in [0.2, 0.25) is 10.0 Å². The lowest BCUT2D eigenvalue weighted by Gasteiger charge is -2.34. The fourth-order valence-electron chi connectivity index (χ4n) is 3.89. The molecule has 2 rings (SSSR count). The molecule has 5 heteroatoms. The van der Waals surface area contributed by atoms with Crippen LogP contribution in [-0.2, 0) is 16.4 Å². The standard InChI is InChI=1S/C23H40N2O2S/c1-2-3-4-5-6-7-8-9-13-22-28(26,27)25-20-18-24(19-21-25)17-16-23-14-11-10-12-15-23/h10-12,14-15H,2-9,13,16-22H2,1H3. The number of unbranched alkanes of at least 4 members (excludes halogenated alkanes) is 8. The van der Waals surface area contributed by atoms with Crippen molar-refractivity contribution < 1.29 is 8.42 Å². The van der Waals surface area contributed by atoms with Crippen molar-refractivity contribution in [2.45, 2.75) is 71.1 Å². The lowest BCUT2D eigenvalue weighted by molar-refractivity contribution is 0.190. The van der Waals surface area contributed by atoms with E-state index in [1.807, 2.05) is 6.07 Å². The molecule has 0 aliphatic carbocycles. The van der Waals surface area contributed by atoms with Gasteiger partial charge < -0.3 is 4.90 Å². The van der Waals surface area contributed by atoms with Crippen LogP contribution in [0.25, 0.3) is 0 Å². The van der Waals surface area contributed by atoms with E-state index in [1.54, 1.807) is 4.31 Å². The monoisotopic (exact) mass is 408 g/mol. The Hall–Kier alpha value is -0.910. The van der Waals surface area contributed by atoms with Crippen molar-refractivity contribution in [3.63, 3.8) is 0 Å². The van der Waals surface area contributed by atoms with E-state index >= 15 is 0 Å². The van der Waals surface area contributed by atoms with E-state index in [2.05, 4.69) is 36.1 Å². The van der Waals surface area contributed by atoms with Crippen LogP contribution in [-0.4, -0.2) is 56.1 Å². The smallest absolute Gasteiger partial charge is 0.214 e. The first-order valence-corrected chi connectivity index (χ1v) is 13.0. The molecular formula is C23H40N2O2S. The Morgan fingerprint density at radius 1 is 0.786 bits per heavy atom. The summed E-state index contributed by atoms with van der Waals surface area (Å²) in [6.45, 7) is 6.25. The second kappa shape index (κ2) is 13.3. The molecule has 1 saturated heterocycles. The summed E-state index contributed by atoms with van der Waals surface area (Å²) in [6.07, 6.45) is 11.9. The van der Waals surface area contributed by atoms with E-state index in [4.69, 9.17) is 0 Å². The number of benzene rings is 1. The molecule has 0 amide bonds.